The zero-order valence-electron chi connectivity index (χ0n) is 10.1. The van der Waals surface area contributed by atoms with Gasteiger partial charge in [0.15, 0.2) is 0 Å². The molecule has 0 atom stereocenters. The Labute approximate surface area is 110 Å². The molecule has 98 valence electrons. The molecule has 0 radical (unpaired) electrons. The van der Waals surface area contributed by atoms with Gasteiger partial charge in [0.1, 0.15) is 0 Å². The Morgan fingerprint density at radius 1 is 1.50 bits per heavy atom. The van der Waals surface area contributed by atoms with E-state index in [2.05, 4.69) is 5.32 Å². The van der Waals surface area contributed by atoms with Gasteiger partial charge in [0.25, 0.3) is 5.69 Å². The lowest BCUT2D eigenvalue weighted by Gasteiger charge is -2.11. The van der Waals surface area contributed by atoms with Crippen molar-refractivity contribution in [2.45, 2.75) is 6.54 Å². The molecule has 6 nitrogen and oxygen atoms in total. The fourth-order valence-electron chi connectivity index (χ4n) is 1.32. The Kier molecular flexibility index (Phi) is 5.06. The maximum Gasteiger partial charge on any atom is 0.275 e. The van der Waals surface area contributed by atoms with Gasteiger partial charge in [-0.25, -0.2) is 0 Å². The van der Waals surface area contributed by atoms with Gasteiger partial charge in [-0.3, -0.25) is 14.9 Å². The van der Waals surface area contributed by atoms with Crippen LogP contribution in [0.15, 0.2) is 18.2 Å². The predicted molar refractivity (Wildman–Crippen MR) is 68.5 cm³/mol. The van der Waals surface area contributed by atoms with E-state index in [1.165, 1.54) is 11.0 Å². The highest BCUT2D eigenvalue weighted by molar-refractivity contribution is 6.30. The van der Waals surface area contributed by atoms with Gasteiger partial charge >= 0.3 is 0 Å². The Balaban J connectivity index is 2.68. The Hall–Kier alpha value is -1.66. The third-order valence-corrected chi connectivity index (χ3v) is 2.57. The SMILES string of the molecule is CN(C)C(=O)CNCc1ccc(Cl)cc1[N+](=O)[O-]. The second-order valence-corrected chi connectivity index (χ2v) is 4.36. The smallest absolute Gasteiger partial charge is 0.275 e. The summed E-state index contributed by atoms with van der Waals surface area (Å²) in [4.78, 5) is 23.1. The molecule has 1 rings (SSSR count). The van der Waals surface area contributed by atoms with Crippen LogP contribution in [-0.2, 0) is 11.3 Å². The maximum absolute atomic E-state index is 11.3. The number of amides is 1. The lowest BCUT2D eigenvalue weighted by molar-refractivity contribution is -0.385. The van der Waals surface area contributed by atoms with Crippen molar-refractivity contribution < 1.29 is 9.72 Å². The molecule has 1 N–H and O–H groups in total. The number of carbonyl (C=O) groups is 1. The first-order valence-electron chi connectivity index (χ1n) is 5.25. The van der Waals surface area contributed by atoms with Crippen LogP contribution >= 0.6 is 11.6 Å². The molecule has 0 aliphatic carbocycles. The van der Waals surface area contributed by atoms with E-state index in [1.807, 2.05) is 0 Å². The zero-order valence-corrected chi connectivity index (χ0v) is 10.9. The van der Waals surface area contributed by atoms with Crippen LogP contribution in [0.4, 0.5) is 5.69 Å². The van der Waals surface area contributed by atoms with Crippen LogP contribution in [0.5, 0.6) is 0 Å². The van der Waals surface area contributed by atoms with Crippen molar-refractivity contribution in [3.63, 3.8) is 0 Å². The molecular formula is C11H14ClN3O3. The lowest BCUT2D eigenvalue weighted by atomic mass is 10.2. The maximum atomic E-state index is 11.3. The number of benzene rings is 1. The Bertz CT molecular complexity index is 463. The van der Waals surface area contributed by atoms with Gasteiger partial charge < -0.3 is 10.2 Å². The molecule has 0 saturated carbocycles. The van der Waals surface area contributed by atoms with E-state index in [0.29, 0.717) is 10.6 Å². The first-order valence-corrected chi connectivity index (χ1v) is 5.63. The molecule has 0 fully saturated rings. The molecule has 0 unspecified atom stereocenters. The van der Waals surface area contributed by atoms with E-state index in [9.17, 15) is 14.9 Å². The van der Waals surface area contributed by atoms with Crippen LogP contribution in [0.2, 0.25) is 5.02 Å². The van der Waals surface area contributed by atoms with Gasteiger partial charge in [0.05, 0.1) is 11.5 Å². The van der Waals surface area contributed by atoms with E-state index in [-0.39, 0.29) is 24.7 Å². The molecule has 0 saturated heterocycles. The van der Waals surface area contributed by atoms with Crippen LogP contribution in [0.1, 0.15) is 5.56 Å². The summed E-state index contributed by atoms with van der Waals surface area (Å²) < 4.78 is 0. The number of hydrogen-bond donors (Lipinski definition) is 1. The van der Waals surface area contributed by atoms with E-state index >= 15 is 0 Å². The largest absolute Gasteiger partial charge is 0.348 e. The van der Waals surface area contributed by atoms with E-state index < -0.39 is 4.92 Å². The normalized spacial score (nSPS) is 10.2. The van der Waals surface area contributed by atoms with E-state index in [4.69, 9.17) is 11.6 Å². The quantitative estimate of drug-likeness (QED) is 0.649. The fraction of sp³-hybridized carbons (Fsp3) is 0.364. The minimum Gasteiger partial charge on any atom is -0.348 e. The highest BCUT2D eigenvalue weighted by Crippen LogP contribution is 2.22. The van der Waals surface area contributed by atoms with Crippen LogP contribution in [0.3, 0.4) is 0 Å². The second kappa shape index (κ2) is 6.32. The first-order chi connectivity index (χ1) is 8.41. The number of nitro groups is 1. The molecule has 1 aromatic carbocycles. The summed E-state index contributed by atoms with van der Waals surface area (Å²) in [6.45, 7) is 0.375. The predicted octanol–water partition coefficient (Wildman–Crippen LogP) is 1.43. The number of halogens is 1. The van der Waals surface area contributed by atoms with Crippen LogP contribution in [0, 0.1) is 10.1 Å². The lowest BCUT2D eigenvalue weighted by Crippen LogP contribution is -2.32. The van der Waals surface area contributed by atoms with Gasteiger partial charge in [-0.15, -0.1) is 0 Å². The molecule has 0 bridgehead atoms. The van der Waals surface area contributed by atoms with Crippen LogP contribution in [0.25, 0.3) is 0 Å². The summed E-state index contributed by atoms with van der Waals surface area (Å²) in [6.07, 6.45) is 0. The number of nitrogens with zero attached hydrogens (tertiary/aromatic N) is 2. The number of rotatable bonds is 5. The van der Waals surface area contributed by atoms with Crippen molar-refractivity contribution in [2.24, 2.45) is 0 Å². The summed E-state index contributed by atoms with van der Waals surface area (Å²) in [5.74, 6) is -0.0911. The number of hydrogen-bond acceptors (Lipinski definition) is 4. The minimum atomic E-state index is -0.489. The Morgan fingerprint density at radius 3 is 2.72 bits per heavy atom. The fourth-order valence-corrected chi connectivity index (χ4v) is 1.49. The minimum absolute atomic E-state index is 0.0488. The molecule has 0 aliphatic rings. The average molecular weight is 272 g/mol. The highest BCUT2D eigenvalue weighted by Gasteiger charge is 2.14. The average Bonchev–Trinajstić information content (AvgIpc) is 2.30. The van der Waals surface area contributed by atoms with Gasteiger partial charge in [-0.1, -0.05) is 11.6 Å². The molecule has 0 aliphatic heterocycles. The van der Waals surface area contributed by atoms with Crippen molar-refractivity contribution in [1.29, 1.82) is 0 Å². The van der Waals surface area contributed by atoms with Crippen molar-refractivity contribution >= 4 is 23.2 Å². The van der Waals surface area contributed by atoms with E-state index in [1.54, 1.807) is 26.2 Å². The zero-order chi connectivity index (χ0) is 13.7. The third kappa shape index (κ3) is 3.97. The molecule has 0 heterocycles. The van der Waals surface area contributed by atoms with Crippen molar-refractivity contribution in [3.8, 4) is 0 Å². The molecule has 0 aromatic heterocycles. The third-order valence-electron chi connectivity index (χ3n) is 2.33. The molecule has 7 heteroatoms. The van der Waals surface area contributed by atoms with Gasteiger partial charge in [0, 0.05) is 37.3 Å². The van der Waals surface area contributed by atoms with Gasteiger partial charge in [-0.2, -0.15) is 0 Å². The van der Waals surface area contributed by atoms with Crippen molar-refractivity contribution in [3.05, 3.63) is 38.9 Å². The number of likely N-dealkylation sites (N-methyl/N-ethyl adjacent to an activating group) is 1. The van der Waals surface area contributed by atoms with Gasteiger partial charge in [0.2, 0.25) is 5.91 Å². The molecule has 1 amide bonds. The topological polar surface area (TPSA) is 75.5 Å². The number of nitro benzene ring substituents is 1. The van der Waals surface area contributed by atoms with E-state index in [0.717, 1.165) is 0 Å². The molecule has 18 heavy (non-hydrogen) atoms. The summed E-state index contributed by atoms with van der Waals surface area (Å²) >= 11 is 5.70. The summed E-state index contributed by atoms with van der Waals surface area (Å²) in [6, 6.07) is 4.46. The molecular weight excluding hydrogens is 258 g/mol. The number of carbonyl (C=O) groups excluding carboxylic acids is 1. The second-order valence-electron chi connectivity index (χ2n) is 3.92. The summed E-state index contributed by atoms with van der Waals surface area (Å²) in [5, 5.41) is 14.0. The molecule has 1 aromatic rings. The number of nitrogens with one attached hydrogen (secondary N) is 1. The van der Waals surface area contributed by atoms with Gasteiger partial charge in [-0.05, 0) is 12.1 Å². The van der Waals surface area contributed by atoms with Crippen molar-refractivity contribution in [2.75, 3.05) is 20.6 Å². The van der Waals surface area contributed by atoms with Crippen LogP contribution < -0.4 is 5.32 Å². The first kappa shape index (κ1) is 14.4. The highest BCUT2D eigenvalue weighted by atomic mass is 35.5. The standard InChI is InChI=1S/C11H14ClN3O3/c1-14(2)11(16)7-13-6-8-3-4-9(12)5-10(8)15(17)18/h3-5,13H,6-7H2,1-2H3. The summed E-state index contributed by atoms with van der Waals surface area (Å²) in [7, 11) is 3.30. The Morgan fingerprint density at radius 2 is 2.17 bits per heavy atom. The van der Waals surface area contributed by atoms with Crippen LogP contribution in [-0.4, -0.2) is 36.4 Å². The molecule has 0 spiro atoms. The monoisotopic (exact) mass is 271 g/mol. The summed E-state index contributed by atoms with van der Waals surface area (Å²) in [5.41, 5.74) is 0.447. The van der Waals surface area contributed by atoms with Crippen molar-refractivity contribution in [1.82, 2.24) is 10.2 Å².